The topological polar surface area (TPSA) is 91.6 Å². The Balaban J connectivity index is 2.05. The molecule has 0 radical (unpaired) electrons. The number of aliphatic hydroxyl groups is 1. The van der Waals surface area contributed by atoms with E-state index in [1.807, 2.05) is 0 Å². The van der Waals surface area contributed by atoms with Gasteiger partial charge in [0.1, 0.15) is 11.9 Å². The molecule has 0 aliphatic rings. The Morgan fingerprint density at radius 3 is 2.82 bits per heavy atom. The molecule has 0 bridgehead atoms. The number of furan rings is 1. The molecule has 0 aliphatic carbocycles. The fraction of sp³-hybridized carbons (Fsp3) is 0.600. The van der Waals surface area contributed by atoms with Crippen LogP contribution in [0.25, 0.3) is 0 Å². The standard InChI is InChI=1S/C10H18N2O4S/c1-17(14,15)12-6-3-5-11-8-9(13)10-4-2-7-16-10/h2,4,7,9,11-13H,3,5-6,8H2,1H3. The lowest BCUT2D eigenvalue weighted by molar-refractivity contribution is 0.147. The van der Waals surface area contributed by atoms with E-state index in [4.69, 9.17) is 4.42 Å². The lowest BCUT2D eigenvalue weighted by Gasteiger charge is -2.09. The van der Waals surface area contributed by atoms with Crippen LogP contribution in [-0.2, 0) is 10.0 Å². The predicted octanol–water partition coefficient (Wildman–Crippen LogP) is -0.158. The Morgan fingerprint density at radius 2 is 2.24 bits per heavy atom. The molecule has 1 rings (SSSR count). The van der Waals surface area contributed by atoms with Gasteiger partial charge in [-0.2, -0.15) is 0 Å². The van der Waals surface area contributed by atoms with Gasteiger partial charge in [0.25, 0.3) is 0 Å². The fourth-order valence-corrected chi connectivity index (χ4v) is 1.81. The second-order valence-electron chi connectivity index (χ2n) is 3.76. The second-order valence-corrected chi connectivity index (χ2v) is 5.59. The van der Waals surface area contributed by atoms with Crippen LogP contribution in [0.3, 0.4) is 0 Å². The lowest BCUT2D eigenvalue weighted by atomic mass is 10.2. The van der Waals surface area contributed by atoms with Crippen LogP contribution in [-0.4, -0.2) is 39.4 Å². The molecule has 0 aromatic carbocycles. The van der Waals surface area contributed by atoms with Gasteiger partial charge in [0.05, 0.1) is 12.5 Å². The summed E-state index contributed by atoms with van der Waals surface area (Å²) in [5.74, 6) is 0.520. The van der Waals surface area contributed by atoms with Crippen molar-refractivity contribution < 1.29 is 17.9 Å². The zero-order chi connectivity index (χ0) is 12.7. The molecule has 1 aromatic heterocycles. The maximum absolute atomic E-state index is 10.7. The molecule has 0 amide bonds. The maximum atomic E-state index is 10.7. The Labute approximate surface area is 101 Å². The summed E-state index contributed by atoms with van der Waals surface area (Å²) in [6, 6.07) is 3.42. The molecule has 6 nitrogen and oxygen atoms in total. The third-order valence-corrected chi connectivity index (χ3v) is 2.83. The molecular formula is C10H18N2O4S. The first-order chi connectivity index (χ1) is 7.99. The molecule has 0 spiro atoms. The van der Waals surface area contributed by atoms with Crippen LogP contribution < -0.4 is 10.0 Å². The SMILES string of the molecule is CS(=O)(=O)NCCCNCC(O)c1ccco1. The molecule has 1 heterocycles. The van der Waals surface area contributed by atoms with Crippen LogP contribution in [0, 0.1) is 0 Å². The summed E-state index contributed by atoms with van der Waals surface area (Å²) in [5, 5.41) is 12.6. The highest BCUT2D eigenvalue weighted by Gasteiger charge is 2.08. The molecule has 0 saturated heterocycles. The molecule has 0 saturated carbocycles. The van der Waals surface area contributed by atoms with Crippen LogP contribution in [0.2, 0.25) is 0 Å². The molecule has 17 heavy (non-hydrogen) atoms. The van der Waals surface area contributed by atoms with Gasteiger partial charge in [0, 0.05) is 13.1 Å². The highest BCUT2D eigenvalue weighted by Crippen LogP contribution is 2.11. The van der Waals surface area contributed by atoms with Gasteiger partial charge in [-0.1, -0.05) is 0 Å². The van der Waals surface area contributed by atoms with E-state index in [0.717, 1.165) is 6.26 Å². The summed E-state index contributed by atoms with van der Waals surface area (Å²) in [7, 11) is -3.11. The normalized spacial score (nSPS) is 13.8. The molecule has 98 valence electrons. The average molecular weight is 262 g/mol. The van der Waals surface area contributed by atoms with E-state index in [1.165, 1.54) is 6.26 Å². The Hall–Kier alpha value is -0.890. The highest BCUT2D eigenvalue weighted by atomic mass is 32.2. The smallest absolute Gasteiger partial charge is 0.208 e. The van der Waals surface area contributed by atoms with Crippen molar-refractivity contribution in [3.63, 3.8) is 0 Å². The number of sulfonamides is 1. The summed E-state index contributed by atoms with van der Waals surface area (Å²) in [6.07, 6.45) is 2.63. The van der Waals surface area contributed by atoms with Crippen molar-refractivity contribution in [1.82, 2.24) is 10.0 Å². The van der Waals surface area contributed by atoms with E-state index in [0.29, 0.717) is 31.8 Å². The van der Waals surface area contributed by atoms with E-state index in [-0.39, 0.29) is 0 Å². The van der Waals surface area contributed by atoms with Gasteiger partial charge in [-0.25, -0.2) is 13.1 Å². The maximum Gasteiger partial charge on any atom is 0.208 e. The minimum Gasteiger partial charge on any atom is -0.467 e. The molecule has 3 N–H and O–H groups in total. The lowest BCUT2D eigenvalue weighted by Crippen LogP contribution is -2.28. The molecule has 7 heteroatoms. The third-order valence-electron chi connectivity index (χ3n) is 2.10. The number of nitrogens with one attached hydrogen (secondary N) is 2. The van der Waals surface area contributed by atoms with E-state index in [1.54, 1.807) is 12.1 Å². The molecular weight excluding hydrogens is 244 g/mol. The van der Waals surface area contributed by atoms with Crippen LogP contribution in [0.5, 0.6) is 0 Å². The van der Waals surface area contributed by atoms with Crippen molar-refractivity contribution in [1.29, 1.82) is 0 Å². The van der Waals surface area contributed by atoms with Gasteiger partial charge in [0.15, 0.2) is 0 Å². The van der Waals surface area contributed by atoms with Gasteiger partial charge in [-0.3, -0.25) is 0 Å². The average Bonchev–Trinajstić information content (AvgIpc) is 2.74. The van der Waals surface area contributed by atoms with Gasteiger partial charge >= 0.3 is 0 Å². The molecule has 0 fully saturated rings. The van der Waals surface area contributed by atoms with Gasteiger partial charge in [0.2, 0.25) is 10.0 Å². The van der Waals surface area contributed by atoms with Gasteiger partial charge in [-0.15, -0.1) is 0 Å². The Bertz CT molecular complexity index is 402. The van der Waals surface area contributed by atoms with Crippen molar-refractivity contribution in [2.75, 3.05) is 25.9 Å². The van der Waals surface area contributed by atoms with Crippen molar-refractivity contribution in [2.24, 2.45) is 0 Å². The van der Waals surface area contributed by atoms with Crippen molar-refractivity contribution in [2.45, 2.75) is 12.5 Å². The van der Waals surface area contributed by atoms with Crippen molar-refractivity contribution in [3.05, 3.63) is 24.2 Å². The predicted molar refractivity (Wildman–Crippen MR) is 64.0 cm³/mol. The van der Waals surface area contributed by atoms with E-state index >= 15 is 0 Å². The van der Waals surface area contributed by atoms with Crippen LogP contribution in [0.15, 0.2) is 22.8 Å². The van der Waals surface area contributed by atoms with Gasteiger partial charge < -0.3 is 14.8 Å². The van der Waals surface area contributed by atoms with Crippen molar-refractivity contribution in [3.8, 4) is 0 Å². The molecule has 1 unspecified atom stereocenters. The minimum absolute atomic E-state index is 0.381. The van der Waals surface area contributed by atoms with Gasteiger partial charge in [-0.05, 0) is 25.1 Å². The van der Waals surface area contributed by atoms with Crippen LogP contribution in [0.1, 0.15) is 18.3 Å². The first-order valence-corrected chi connectivity index (χ1v) is 7.25. The Kier molecular flexibility index (Phi) is 5.63. The minimum atomic E-state index is -3.11. The fourth-order valence-electron chi connectivity index (χ4n) is 1.29. The van der Waals surface area contributed by atoms with E-state index < -0.39 is 16.1 Å². The first kappa shape index (κ1) is 14.2. The number of hydrogen-bond donors (Lipinski definition) is 3. The quantitative estimate of drug-likeness (QED) is 0.566. The second kappa shape index (κ2) is 6.75. The monoisotopic (exact) mass is 262 g/mol. The summed E-state index contributed by atoms with van der Waals surface area (Å²) in [5.41, 5.74) is 0. The summed E-state index contributed by atoms with van der Waals surface area (Å²) < 4.78 is 28.9. The summed E-state index contributed by atoms with van der Waals surface area (Å²) >= 11 is 0. The number of hydrogen-bond acceptors (Lipinski definition) is 5. The molecule has 1 atom stereocenters. The van der Waals surface area contributed by atoms with E-state index in [2.05, 4.69) is 10.0 Å². The number of rotatable bonds is 8. The zero-order valence-corrected chi connectivity index (χ0v) is 10.5. The summed E-state index contributed by atoms with van der Waals surface area (Å²) in [6.45, 7) is 1.40. The number of aliphatic hydroxyl groups excluding tert-OH is 1. The summed E-state index contributed by atoms with van der Waals surface area (Å²) in [4.78, 5) is 0. The molecule has 0 aliphatic heterocycles. The zero-order valence-electron chi connectivity index (χ0n) is 9.72. The molecule has 1 aromatic rings. The Morgan fingerprint density at radius 1 is 1.47 bits per heavy atom. The highest BCUT2D eigenvalue weighted by molar-refractivity contribution is 7.88. The largest absolute Gasteiger partial charge is 0.467 e. The van der Waals surface area contributed by atoms with Crippen LogP contribution in [0.4, 0.5) is 0 Å². The van der Waals surface area contributed by atoms with Crippen molar-refractivity contribution >= 4 is 10.0 Å². The van der Waals surface area contributed by atoms with E-state index in [9.17, 15) is 13.5 Å². The van der Waals surface area contributed by atoms with Crippen LogP contribution >= 0.6 is 0 Å². The third kappa shape index (κ3) is 6.42. The first-order valence-electron chi connectivity index (χ1n) is 5.36.